The van der Waals surface area contributed by atoms with Crippen LogP contribution in [0.4, 0.5) is 0 Å². The number of piperazine rings is 1. The van der Waals surface area contributed by atoms with Crippen LogP contribution in [0, 0.1) is 6.92 Å². The lowest BCUT2D eigenvalue weighted by Crippen LogP contribution is -2.50. The fraction of sp³-hybridized carbons (Fsp3) is 0.261. The highest BCUT2D eigenvalue weighted by Crippen LogP contribution is 2.29. The van der Waals surface area contributed by atoms with Gasteiger partial charge in [0, 0.05) is 38.7 Å². The number of hydrogen-bond acceptors (Lipinski definition) is 3. The van der Waals surface area contributed by atoms with Crippen molar-refractivity contribution in [1.82, 2.24) is 19.6 Å². The maximum absolute atomic E-state index is 13.4. The fourth-order valence-electron chi connectivity index (χ4n) is 3.76. The molecule has 6 nitrogen and oxygen atoms in total. The van der Waals surface area contributed by atoms with Crippen molar-refractivity contribution in [2.45, 2.75) is 13.8 Å². The summed E-state index contributed by atoms with van der Waals surface area (Å²) in [5.74, 6) is 0.00124. The van der Waals surface area contributed by atoms with Gasteiger partial charge in [0.15, 0.2) is 0 Å². The van der Waals surface area contributed by atoms with E-state index in [1.54, 1.807) is 18.0 Å². The molecule has 148 valence electrons. The number of nitrogens with zero attached hydrogens (tertiary/aromatic N) is 4. The first-order valence-corrected chi connectivity index (χ1v) is 9.80. The minimum absolute atomic E-state index is 0.0492. The van der Waals surface area contributed by atoms with Crippen molar-refractivity contribution >= 4 is 11.8 Å². The van der Waals surface area contributed by atoms with Crippen LogP contribution >= 0.6 is 0 Å². The second-order valence-corrected chi connectivity index (χ2v) is 7.27. The molecule has 2 amide bonds. The van der Waals surface area contributed by atoms with Crippen molar-refractivity contribution in [3.63, 3.8) is 0 Å². The topological polar surface area (TPSA) is 58.4 Å². The van der Waals surface area contributed by atoms with E-state index in [4.69, 9.17) is 0 Å². The standard InChI is InChI=1S/C23H24N4O2/c1-17-8-6-7-11-21(17)27-22(19-9-4-3-5-10-19)20(16-24-27)23(29)26-14-12-25(13-15-26)18(2)28/h3-11,16H,12-15H2,1-2H3. The van der Waals surface area contributed by atoms with Gasteiger partial charge in [0.1, 0.15) is 0 Å². The molecule has 0 spiro atoms. The first kappa shape index (κ1) is 18.9. The molecule has 0 saturated carbocycles. The molecule has 0 radical (unpaired) electrons. The van der Waals surface area contributed by atoms with Crippen LogP contribution in [-0.2, 0) is 4.79 Å². The molecule has 3 aromatic rings. The van der Waals surface area contributed by atoms with Crippen LogP contribution in [0.25, 0.3) is 16.9 Å². The number of para-hydroxylation sites is 1. The zero-order valence-corrected chi connectivity index (χ0v) is 16.7. The summed E-state index contributed by atoms with van der Waals surface area (Å²) in [5, 5.41) is 4.59. The molecule has 0 aliphatic carbocycles. The Balaban J connectivity index is 1.74. The van der Waals surface area contributed by atoms with E-state index in [1.807, 2.05) is 71.1 Å². The van der Waals surface area contributed by atoms with Gasteiger partial charge in [0.05, 0.1) is 23.1 Å². The number of carbonyl (C=O) groups is 2. The van der Waals surface area contributed by atoms with Crippen molar-refractivity contribution < 1.29 is 9.59 Å². The first-order valence-electron chi connectivity index (χ1n) is 9.80. The van der Waals surface area contributed by atoms with Crippen molar-refractivity contribution in [3.8, 4) is 16.9 Å². The third-order valence-corrected chi connectivity index (χ3v) is 5.40. The number of aromatic nitrogens is 2. The van der Waals surface area contributed by atoms with Gasteiger partial charge in [-0.1, -0.05) is 48.5 Å². The Bertz CT molecular complexity index is 1030. The van der Waals surface area contributed by atoms with Gasteiger partial charge >= 0.3 is 0 Å². The van der Waals surface area contributed by atoms with Gasteiger partial charge in [-0.25, -0.2) is 4.68 Å². The molecule has 6 heteroatoms. The smallest absolute Gasteiger partial charge is 0.257 e. The van der Waals surface area contributed by atoms with E-state index in [2.05, 4.69) is 5.10 Å². The number of hydrogen-bond donors (Lipinski definition) is 0. The van der Waals surface area contributed by atoms with E-state index in [-0.39, 0.29) is 11.8 Å². The van der Waals surface area contributed by atoms with E-state index >= 15 is 0 Å². The molecule has 0 N–H and O–H groups in total. The summed E-state index contributed by atoms with van der Waals surface area (Å²) in [6, 6.07) is 17.9. The number of benzene rings is 2. The second kappa shape index (κ2) is 7.91. The van der Waals surface area contributed by atoms with E-state index in [9.17, 15) is 9.59 Å². The second-order valence-electron chi connectivity index (χ2n) is 7.27. The Labute approximate surface area is 170 Å². The summed E-state index contributed by atoms with van der Waals surface area (Å²) in [4.78, 5) is 28.5. The van der Waals surface area contributed by atoms with Crippen molar-refractivity contribution in [2.75, 3.05) is 26.2 Å². The van der Waals surface area contributed by atoms with Gasteiger partial charge < -0.3 is 9.80 Å². The molecule has 2 aromatic carbocycles. The molecule has 1 aliphatic heterocycles. The summed E-state index contributed by atoms with van der Waals surface area (Å²) in [7, 11) is 0. The molecular formula is C23H24N4O2. The molecule has 29 heavy (non-hydrogen) atoms. The normalized spacial score (nSPS) is 14.1. The van der Waals surface area contributed by atoms with Gasteiger partial charge in [-0.15, -0.1) is 0 Å². The van der Waals surface area contributed by atoms with Crippen LogP contribution in [0.2, 0.25) is 0 Å². The minimum Gasteiger partial charge on any atom is -0.339 e. The molecule has 1 aliphatic rings. The Morgan fingerprint density at radius 1 is 0.862 bits per heavy atom. The summed E-state index contributed by atoms with van der Waals surface area (Å²) in [6.45, 7) is 5.79. The largest absolute Gasteiger partial charge is 0.339 e. The molecule has 1 aromatic heterocycles. The highest BCUT2D eigenvalue weighted by atomic mass is 16.2. The molecule has 2 heterocycles. The number of carbonyl (C=O) groups excluding carboxylic acids is 2. The predicted molar refractivity (Wildman–Crippen MR) is 112 cm³/mol. The zero-order valence-electron chi connectivity index (χ0n) is 16.7. The molecule has 0 unspecified atom stereocenters. The lowest BCUT2D eigenvalue weighted by atomic mass is 10.1. The van der Waals surface area contributed by atoms with Crippen LogP contribution < -0.4 is 0 Å². The quantitative estimate of drug-likeness (QED) is 0.693. The molecule has 0 bridgehead atoms. The lowest BCUT2D eigenvalue weighted by Gasteiger charge is -2.34. The molecular weight excluding hydrogens is 364 g/mol. The summed E-state index contributed by atoms with van der Waals surface area (Å²) >= 11 is 0. The molecule has 1 saturated heterocycles. The van der Waals surface area contributed by atoms with E-state index in [1.165, 1.54) is 0 Å². The van der Waals surface area contributed by atoms with Crippen molar-refractivity contribution in [3.05, 3.63) is 71.9 Å². The average molecular weight is 388 g/mol. The average Bonchev–Trinajstić information content (AvgIpc) is 3.19. The van der Waals surface area contributed by atoms with Crippen molar-refractivity contribution in [1.29, 1.82) is 0 Å². The minimum atomic E-state index is -0.0492. The van der Waals surface area contributed by atoms with Crippen LogP contribution in [0.15, 0.2) is 60.8 Å². The SMILES string of the molecule is CC(=O)N1CCN(C(=O)c2cnn(-c3ccccc3C)c2-c2ccccc2)CC1. The molecule has 4 rings (SSSR count). The van der Waals surface area contributed by atoms with E-state index < -0.39 is 0 Å². The van der Waals surface area contributed by atoms with Crippen LogP contribution in [0.1, 0.15) is 22.8 Å². The maximum atomic E-state index is 13.4. The summed E-state index contributed by atoms with van der Waals surface area (Å²) < 4.78 is 1.85. The van der Waals surface area contributed by atoms with E-state index in [0.29, 0.717) is 31.7 Å². The summed E-state index contributed by atoms with van der Waals surface area (Å²) in [6.07, 6.45) is 1.66. The van der Waals surface area contributed by atoms with Gasteiger partial charge in [0.2, 0.25) is 5.91 Å². The number of rotatable bonds is 3. The summed E-state index contributed by atoms with van der Waals surface area (Å²) in [5.41, 5.74) is 4.35. The third kappa shape index (κ3) is 3.66. The fourth-order valence-corrected chi connectivity index (χ4v) is 3.76. The Morgan fingerprint density at radius 2 is 1.48 bits per heavy atom. The highest BCUT2D eigenvalue weighted by Gasteiger charge is 2.28. The number of aryl methyl sites for hydroxylation is 1. The zero-order chi connectivity index (χ0) is 20.4. The molecule has 0 atom stereocenters. The predicted octanol–water partition coefficient (Wildman–Crippen LogP) is 3.15. The highest BCUT2D eigenvalue weighted by molar-refractivity contribution is 6.00. The maximum Gasteiger partial charge on any atom is 0.257 e. The van der Waals surface area contributed by atoms with Crippen LogP contribution in [0.5, 0.6) is 0 Å². The van der Waals surface area contributed by atoms with E-state index in [0.717, 1.165) is 22.5 Å². The monoisotopic (exact) mass is 388 g/mol. The number of amides is 2. The lowest BCUT2D eigenvalue weighted by molar-refractivity contribution is -0.130. The molecule has 1 fully saturated rings. The van der Waals surface area contributed by atoms with Crippen LogP contribution in [0.3, 0.4) is 0 Å². The Morgan fingerprint density at radius 3 is 2.14 bits per heavy atom. The van der Waals surface area contributed by atoms with Gasteiger partial charge in [-0.3, -0.25) is 9.59 Å². The van der Waals surface area contributed by atoms with Gasteiger partial charge in [-0.2, -0.15) is 5.10 Å². The third-order valence-electron chi connectivity index (χ3n) is 5.40. The Kier molecular flexibility index (Phi) is 5.16. The van der Waals surface area contributed by atoms with Gasteiger partial charge in [0.25, 0.3) is 5.91 Å². The van der Waals surface area contributed by atoms with Crippen molar-refractivity contribution in [2.24, 2.45) is 0 Å². The Hall–Kier alpha value is -3.41. The van der Waals surface area contributed by atoms with Crippen LogP contribution in [-0.4, -0.2) is 57.6 Å². The first-order chi connectivity index (χ1) is 14.1. The van der Waals surface area contributed by atoms with Gasteiger partial charge in [-0.05, 0) is 18.6 Å².